The fourth-order valence-electron chi connectivity index (χ4n) is 1.21. The van der Waals surface area contributed by atoms with Crippen LogP contribution < -0.4 is 5.32 Å². The van der Waals surface area contributed by atoms with Gasteiger partial charge in [-0.1, -0.05) is 13.8 Å². The molecule has 1 aliphatic rings. The molecule has 0 aliphatic carbocycles. The van der Waals surface area contributed by atoms with E-state index in [4.69, 9.17) is 9.47 Å². The molecule has 1 rings (SSSR count). The number of ether oxygens (including phenoxy) is 2. The van der Waals surface area contributed by atoms with E-state index in [0.29, 0.717) is 12.0 Å². The van der Waals surface area contributed by atoms with E-state index in [1.807, 2.05) is 0 Å². The van der Waals surface area contributed by atoms with E-state index in [9.17, 15) is 0 Å². The largest absolute Gasteiger partial charge is 0.376 e. The summed E-state index contributed by atoms with van der Waals surface area (Å²) in [6.45, 7) is 9.76. The minimum Gasteiger partial charge on any atom is -0.376 e. The Morgan fingerprint density at radius 3 is 2.62 bits per heavy atom. The SMILES string of the molecule is CC(C)C(C)NCC1COCCO1. The summed E-state index contributed by atoms with van der Waals surface area (Å²) in [5.74, 6) is 0.671. The van der Waals surface area contributed by atoms with Gasteiger partial charge in [0.2, 0.25) is 0 Å². The maximum absolute atomic E-state index is 5.52. The zero-order valence-electron chi connectivity index (χ0n) is 8.88. The van der Waals surface area contributed by atoms with Crippen molar-refractivity contribution in [2.45, 2.75) is 32.9 Å². The summed E-state index contributed by atoms with van der Waals surface area (Å²) in [4.78, 5) is 0. The minimum atomic E-state index is 0.245. The maximum atomic E-state index is 5.52. The first-order valence-electron chi connectivity index (χ1n) is 5.13. The zero-order chi connectivity index (χ0) is 9.68. The molecule has 1 N–H and O–H groups in total. The van der Waals surface area contributed by atoms with Gasteiger partial charge < -0.3 is 14.8 Å². The Labute approximate surface area is 80.8 Å². The van der Waals surface area contributed by atoms with Crippen LogP contribution in [-0.2, 0) is 9.47 Å². The van der Waals surface area contributed by atoms with Gasteiger partial charge in [-0.05, 0) is 12.8 Å². The maximum Gasteiger partial charge on any atom is 0.0933 e. The topological polar surface area (TPSA) is 30.5 Å². The Hall–Kier alpha value is -0.120. The number of rotatable bonds is 4. The van der Waals surface area contributed by atoms with E-state index < -0.39 is 0 Å². The summed E-state index contributed by atoms with van der Waals surface area (Å²) in [5.41, 5.74) is 0. The Balaban J connectivity index is 2.10. The Bertz CT molecular complexity index is 133. The lowest BCUT2D eigenvalue weighted by molar-refractivity contribution is -0.0872. The normalized spacial score (nSPS) is 26.3. The average molecular weight is 187 g/mol. The molecule has 0 aromatic heterocycles. The molecule has 0 aromatic carbocycles. The van der Waals surface area contributed by atoms with Crippen LogP contribution in [0, 0.1) is 5.92 Å². The predicted molar refractivity (Wildman–Crippen MR) is 52.9 cm³/mol. The molecule has 0 saturated carbocycles. The van der Waals surface area contributed by atoms with Crippen molar-refractivity contribution in [2.75, 3.05) is 26.4 Å². The predicted octanol–water partition coefficient (Wildman–Crippen LogP) is 1.04. The first kappa shape index (κ1) is 11.0. The quantitative estimate of drug-likeness (QED) is 0.713. The fourth-order valence-corrected chi connectivity index (χ4v) is 1.21. The van der Waals surface area contributed by atoms with Gasteiger partial charge in [0.1, 0.15) is 0 Å². The van der Waals surface area contributed by atoms with E-state index in [2.05, 4.69) is 26.1 Å². The van der Waals surface area contributed by atoms with Crippen molar-refractivity contribution in [1.82, 2.24) is 5.32 Å². The van der Waals surface area contributed by atoms with Crippen molar-refractivity contribution in [1.29, 1.82) is 0 Å². The Morgan fingerprint density at radius 1 is 1.31 bits per heavy atom. The molecule has 1 saturated heterocycles. The smallest absolute Gasteiger partial charge is 0.0933 e. The van der Waals surface area contributed by atoms with Crippen LogP contribution >= 0.6 is 0 Å². The highest BCUT2D eigenvalue weighted by Crippen LogP contribution is 2.03. The molecular formula is C10H21NO2. The Morgan fingerprint density at radius 2 is 2.08 bits per heavy atom. The fraction of sp³-hybridized carbons (Fsp3) is 1.00. The summed E-state index contributed by atoms with van der Waals surface area (Å²) < 4.78 is 10.8. The van der Waals surface area contributed by atoms with E-state index >= 15 is 0 Å². The highest BCUT2D eigenvalue weighted by atomic mass is 16.6. The third-order valence-corrected chi connectivity index (χ3v) is 2.55. The molecule has 78 valence electrons. The molecule has 0 bridgehead atoms. The first-order valence-corrected chi connectivity index (χ1v) is 5.13. The van der Waals surface area contributed by atoms with Crippen LogP contribution in [0.2, 0.25) is 0 Å². The van der Waals surface area contributed by atoms with E-state index in [0.717, 1.165) is 26.4 Å². The van der Waals surface area contributed by atoms with Gasteiger partial charge >= 0.3 is 0 Å². The van der Waals surface area contributed by atoms with Crippen molar-refractivity contribution < 1.29 is 9.47 Å². The number of nitrogens with one attached hydrogen (secondary N) is 1. The van der Waals surface area contributed by atoms with Crippen molar-refractivity contribution in [2.24, 2.45) is 5.92 Å². The Kier molecular flexibility index (Phi) is 4.70. The average Bonchev–Trinajstić information content (AvgIpc) is 2.15. The van der Waals surface area contributed by atoms with Crippen molar-refractivity contribution >= 4 is 0 Å². The van der Waals surface area contributed by atoms with Crippen molar-refractivity contribution in [3.05, 3.63) is 0 Å². The minimum absolute atomic E-state index is 0.245. The van der Waals surface area contributed by atoms with Gasteiger partial charge in [0.15, 0.2) is 0 Å². The molecule has 0 spiro atoms. The molecule has 1 fully saturated rings. The van der Waals surface area contributed by atoms with Gasteiger partial charge in [-0.3, -0.25) is 0 Å². The summed E-state index contributed by atoms with van der Waals surface area (Å²) in [6.07, 6.45) is 0.245. The molecule has 0 aromatic rings. The third kappa shape index (κ3) is 4.07. The number of hydrogen-bond donors (Lipinski definition) is 1. The van der Waals surface area contributed by atoms with Gasteiger partial charge in [-0.2, -0.15) is 0 Å². The van der Waals surface area contributed by atoms with Gasteiger partial charge in [-0.25, -0.2) is 0 Å². The van der Waals surface area contributed by atoms with Crippen LogP contribution in [-0.4, -0.2) is 38.5 Å². The third-order valence-electron chi connectivity index (χ3n) is 2.55. The summed E-state index contributed by atoms with van der Waals surface area (Å²) in [6, 6.07) is 0.547. The molecule has 1 aliphatic heterocycles. The molecule has 3 heteroatoms. The second-order valence-corrected chi connectivity index (χ2v) is 4.01. The van der Waals surface area contributed by atoms with Crippen LogP contribution in [0.4, 0.5) is 0 Å². The zero-order valence-corrected chi connectivity index (χ0v) is 8.88. The summed E-state index contributed by atoms with van der Waals surface area (Å²) in [5, 5.41) is 3.45. The summed E-state index contributed by atoms with van der Waals surface area (Å²) in [7, 11) is 0. The van der Waals surface area contributed by atoms with Crippen LogP contribution in [0.5, 0.6) is 0 Å². The first-order chi connectivity index (χ1) is 6.20. The van der Waals surface area contributed by atoms with E-state index in [1.165, 1.54) is 0 Å². The molecule has 1 heterocycles. The lowest BCUT2D eigenvalue weighted by Crippen LogP contribution is -2.42. The highest BCUT2D eigenvalue weighted by molar-refractivity contribution is 4.70. The molecule has 0 amide bonds. The van der Waals surface area contributed by atoms with Gasteiger partial charge in [-0.15, -0.1) is 0 Å². The van der Waals surface area contributed by atoms with Crippen molar-refractivity contribution in [3.8, 4) is 0 Å². The second kappa shape index (κ2) is 5.58. The molecular weight excluding hydrogens is 166 g/mol. The van der Waals surface area contributed by atoms with Gasteiger partial charge in [0.25, 0.3) is 0 Å². The highest BCUT2D eigenvalue weighted by Gasteiger charge is 2.15. The molecule has 13 heavy (non-hydrogen) atoms. The van der Waals surface area contributed by atoms with Gasteiger partial charge in [0, 0.05) is 12.6 Å². The van der Waals surface area contributed by atoms with Crippen LogP contribution in [0.3, 0.4) is 0 Å². The summed E-state index contributed by atoms with van der Waals surface area (Å²) >= 11 is 0. The lowest BCUT2D eigenvalue weighted by Gasteiger charge is -2.26. The second-order valence-electron chi connectivity index (χ2n) is 4.01. The van der Waals surface area contributed by atoms with E-state index in [1.54, 1.807) is 0 Å². The lowest BCUT2D eigenvalue weighted by atomic mass is 10.1. The van der Waals surface area contributed by atoms with E-state index in [-0.39, 0.29) is 6.10 Å². The molecule has 2 atom stereocenters. The van der Waals surface area contributed by atoms with Crippen LogP contribution in [0.15, 0.2) is 0 Å². The molecule has 0 radical (unpaired) electrons. The van der Waals surface area contributed by atoms with Gasteiger partial charge in [0.05, 0.1) is 25.9 Å². The monoisotopic (exact) mass is 187 g/mol. The molecule has 2 unspecified atom stereocenters. The van der Waals surface area contributed by atoms with Crippen LogP contribution in [0.1, 0.15) is 20.8 Å². The standard InChI is InChI=1S/C10H21NO2/c1-8(2)9(3)11-6-10-7-12-4-5-13-10/h8-11H,4-7H2,1-3H3. The van der Waals surface area contributed by atoms with Crippen molar-refractivity contribution in [3.63, 3.8) is 0 Å². The number of hydrogen-bond acceptors (Lipinski definition) is 3. The van der Waals surface area contributed by atoms with Crippen LogP contribution in [0.25, 0.3) is 0 Å². The molecule has 3 nitrogen and oxygen atoms in total.